The zero-order chi connectivity index (χ0) is 18.9. The number of aryl methyl sites for hydroxylation is 1. The summed E-state index contributed by atoms with van der Waals surface area (Å²) in [5, 5.41) is 6.25. The maximum Gasteiger partial charge on any atom is 0.240 e. The summed E-state index contributed by atoms with van der Waals surface area (Å²) in [6.07, 6.45) is 1.08. The molecule has 2 aromatic rings. The summed E-state index contributed by atoms with van der Waals surface area (Å²) in [4.78, 5) is 27.3. The second kappa shape index (κ2) is 7.00. The van der Waals surface area contributed by atoms with Gasteiger partial charge >= 0.3 is 0 Å². The maximum absolute atomic E-state index is 12.7. The molecule has 0 heterocycles. The topological polar surface area (TPSA) is 61.4 Å². The van der Waals surface area contributed by atoms with Crippen molar-refractivity contribution in [3.63, 3.8) is 0 Å². The number of hydrogen-bond acceptors (Lipinski definition) is 3. The van der Waals surface area contributed by atoms with Crippen LogP contribution in [0.3, 0.4) is 0 Å². The summed E-state index contributed by atoms with van der Waals surface area (Å²) in [5.74, 6) is -0.564. The molecule has 0 bridgehead atoms. The lowest BCUT2D eigenvalue weighted by Gasteiger charge is -2.17. The molecule has 1 saturated carbocycles. The van der Waals surface area contributed by atoms with Crippen LogP contribution in [0.4, 0.5) is 17.1 Å². The zero-order valence-electron chi connectivity index (χ0n) is 15.1. The summed E-state index contributed by atoms with van der Waals surface area (Å²) >= 11 is 6.10. The van der Waals surface area contributed by atoms with Crippen molar-refractivity contribution in [1.29, 1.82) is 0 Å². The van der Waals surface area contributed by atoms with Gasteiger partial charge in [-0.3, -0.25) is 9.59 Å². The zero-order valence-corrected chi connectivity index (χ0v) is 15.9. The molecule has 136 valence electrons. The minimum atomic E-state index is -1.00. The molecule has 2 N–H and O–H groups in total. The van der Waals surface area contributed by atoms with Gasteiger partial charge in [0.25, 0.3) is 0 Å². The Balaban J connectivity index is 1.68. The third kappa shape index (κ3) is 3.68. The molecule has 1 aliphatic rings. The van der Waals surface area contributed by atoms with Gasteiger partial charge < -0.3 is 15.5 Å². The van der Waals surface area contributed by atoms with Gasteiger partial charge in [-0.15, -0.1) is 0 Å². The second-order valence-electron chi connectivity index (χ2n) is 6.90. The normalized spacial score (nSPS) is 14.5. The van der Waals surface area contributed by atoms with E-state index < -0.39 is 5.41 Å². The van der Waals surface area contributed by atoms with Crippen LogP contribution in [-0.4, -0.2) is 25.9 Å². The fourth-order valence-electron chi connectivity index (χ4n) is 2.70. The molecule has 0 unspecified atom stereocenters. The molecular weight excluding hydrogens is 350 g/mol. The number of nitrogens with one attached hydrogen (secondary N) is 2. The largest absolute Gasteiger partial charge is 0.378 e. The first-order chi connectivity index (χ1) is 12.3. The minimum Gasteiger partial charge on any atom is -0.378 e. The number of carbonyl (C=O) groups is 2. The van der Waals surface area contributed by atoms with Crippen molar-refractivity contribution in [1.82, 2.24) is 0 Å². The molecule has 5 nitrogen and oxygen atoms in total. The SMILES string of the molecule is Cc1ccc(NC(=O)C2(C(=O)Nc3ccc(N(C)C)cc3)CC2)cc1Cl. The first kappa shape index (κ1) is 18.3. The van der Waals surface area contributed by atoms with Crippen LogP contribution in [0.2, 0.25) is 5.02 Å². The number of halogens is 1. The Bertz CT molecular complexity index is 843. The second-order valence-corrected chi connectivity index (χ2v) is 7.30. The molecule has 2 aromatic carbocycles. The summed E-state index contributed by atoms with van der Waals surface area (Å²) in [7, 11) is 3.91. The number of nitrogens with zero attached hydrogens (tertiary/aromatic N) is 1. The van der Waals surface area contributed by atoms with Gasteiger partial charge in [0.2, 0.25) is 11.8 Å². The molecule has 0 atom stereocenters. The van der Waals surface area contributed by atoms with Gasteiger partial charge in [-0.05, 0) is 61.7 Å². The molecule has 0 spiro atoms. The van der Waals surface area contributed by atoms with E-state index in [9.17, 15) is 9.59 Å². The Hall–Kier alpha value is -2.53. The van der Waals surface area contributed by atoms with Crippen LogP contribution in [0, 0.1) is 12.3 Å². The molecule has 0 radical (unpaired) electrons. The van der Waals surface area contributed by atoms with Crippen molar-refractivity contribution < 1.29 is 9.59 Å². The van der Waals surface area contributed by atoms with Crippen molar-refractivity contribution >= 4 is 40.5 Å². The van der Waals surface area contributed by atoms with E-state index in [1.54, 1.807) is 12.1 Å². The highest BCUT2D eigenvalue weighted by molar-refractivity contribution is 6.31. The first-order valence-corrected chi connectivity index (χ1v) is 8.86. The Morgan fingerprint density at radius 1 is 0.962 bits per heavy atom. The van der Waals surface area contributed by atoms with Crippen LogP contribution >= 0.6 is 11.6 Å². The lowest BCUT2D eigenvalue weighted by atomic mass is 10.0. The van der Waals surface area contributed by atoms with E-state index in [1.165, 1.54) is 0 Å². The summed E-state index contributed by atoms with van der Waals surface area (Å²) in [5.41, 5.74) is 2.25. The average Bonchev–Trinajstić information content (AvgIpc) is 3.40. The number of rotatable bonds is 5. The maximum atomic E-state index is 12.7. The Kier molecular flexibility index (Phi) is 4.92. The molecule has 2 amide bonds. The Morgan fingerprint density at radius 3 is 2.00 bits per heavy atom. The number of benzene rings is 2. The Labute approximate surface area is 158 Å². The average molecular weight is 372 g/mol. The van der Waals surface area contributed by atoms with Crippen LogP contribution in [0.5, 0.6) is 0 Å². The van der Waals surface area contributed by atoms with Crippen molar-refractivity contribution in [2.24, 2.45) is 5.41 Å². The van der Waals surface area contributed by atoms with E-state index in [4.69, 9.17) is 11.6 Å². The predicted octanol–water partition coefficient (Wildman–Crippen LogP) is 4.07. The van der Waals surface area contributed by atoms with E-state index in [2.05, 4.69) is 10.6 Å². The van der Waals surface area contributed by atoms with E-state index in [-0.39, 0.29) is 11.8 Å². The lowest BCUT2D eigenvalue weighted by Crippen LogP contribution is -2.35. The highest BCUT2D eigenvalue weighted by Crippen LogP contribution is 2.47. The predicted molar refractivity (Wildman–Crippen MR) is 106 cm³/mol. The minimum absolute atomic E-state index is 0.272. The van der Waals surface area contributed by atoms with Gasteiger partial charge in [0.1, 0.15) is 5.41 Å². The molecule has 6 heteroatoms. The van der Waals surface area contributed by atoms with E-state index in [1.807, 2.05) is 56.3 Å². The molecule has 0 aromatic heterocycles. The van der Waals surface area contributed by atoms with Gasteiger partial charge in [-0.1, -0.05) is 17.7 Å². The van der Waals surface area contributed by atoms with E-state index in [0.29, 0.717) is 29.2 Å². The standard InChI is InChI=1S/C20H22ClN3O2/c1-13-4-5-15(12-17(13)21)23-19(26)20(10-11-20)18(25)22-14-6-8-16(9-7-14)24(2)3/h4-9,12H,10-11H2,1-3H3,(H,22,25)(H,23,26). The van der Waals surface area contributed by atoms with Crippen LogP contribution in [0.1, 0.15) is 18.4 Å². The highest BCUT2D eigenvalue weighted by Gasteiger charge is 2.56. The summed E-state index contributed by atoms with van der Waals surface area (Å²) in [6, 6.07) is 12.8. The van der Waals surface area contributed by atoms with Gasteiger partial charge in [-0.2, -0.15) is 0 Å². The summed E-state index contributed by atoms with van der Waals surface area (Å²) in [6.45, 7) is 1.89. The van der Waals surface area contributed by atoms with Crippen molar-refractivity contribution in [2.75, 3.05) is 29.6 Å². The molecule has 1 aliphatic carbocycles. The van der Waals surface area contributed by atoms with Gasteiger partial charge in [0.15, 0.2) is 0 Å². The van der Waals surface area contributed by atoms with Gasteiger partial charge in [0.05, 0.1) is 0 Å². The molecule has 0 saturated heterocycles. The number of carbonyl (C=O) groups excluding carboxylic acids is 2. The highest BCUT2D eigenvalue weighted by atomic mass is 35.5. The fraction of sp³-hybridized carbons (Fsp3) is 0.300. The number of hydrogen-bond donors (Lipinski definition) is 2. The smallest absolute Gasteiger partial charge is 0.240 e. The lowest BCUT2D eigenvalue weighted by molar-refractivity contribution is -0.131. The third-order valence-electron chi connectivity index (χ3n) is 4.69. The Morgan fingerprint density at radius 2 is 1.50 bits per heavy atom. The van der Waals surface area contributed by atoms with Crippen LogP contribution < -0.4 is 15.5 Å². The van der Waals surface area contributed by atoms with Crippen molar-refractivity contribution in [3.8, 4) is 0 Å². The monoisotopic (exact) mass is 371 g/mol. The molecular formula is C20H22ClN3O2. The van der Waals surface area contributed by atoms with Gasteiger partial charge in [0, 0.05) is 36.2 Å². The molecule has 1 fully saturated rings. The van der Waals surface area contributed by atoms with E-state index >= 15 is 0 Å². The van der Waals surface area contributed by atoms with Crippen LogP contribution in [0.15, 0.2) is 42.5 Å². The van der Waals surface area contributed by atoms with Crippen molar-refractivity contribution in [3.05, 3.63) is 53.1 Å². The fourth-order valence-corrected chi connectivity index (χ4v) is 2.88. The van der Waals surface area contributed by atoms with Gasteiger partial charge in [-0.25, -0.2) is 0 Å². The molecule has 0 aliphatic heterocycles. The third-order valence-corrected chi connectivity index (χ3v) is 5.10. The molecule has 26 heavy (non-hydrogen) atoms. The quantitative estimate of drug-likeness (QED) is 0.779. The first-order valence-electron chi connectivity index (χ1n) is 8.48. The van der Waals surface area contributed by atoms with E-state index in [0.717, 1.165) is 11.3 Å². The van der Waals surface area contributed by atoms with Crippen molar-refractivity contribution in [2.45, 2.75) is 19.8 Å². The molecule has 3 rings (SSSR count). The van der Waals surface area contributed by atoms with Crippen LogP contribution in [-0.2, 0) is 9.59 Å². The number of amides is 2. The number of anilines is 3. The van der Waals surface area contributed by atoms with Crippen LogP contribution in [0.25, 0.3) is 0 Å². The summed E-state index contributed by atoms with van der Waals surface area (Å²) < 4.78 is 0.